The first-order valence-electron chi connectivity index (χ1n) is 14.7. The van der Waals surface area contributed by atoms with Crippen molar-refractivity contribution in [1.29, 1.82) is 0 Å². The molecule has 1 amide bonds. The molecule has 1 aliphatic rings. The number of aliphatic hydroxyl groups is 1. The molecule has 12 heteroatoms. The minimum atomic E-state index is -0.466. The Morgan fingerprint density at radius 1 is 1.02 bits per heavy atom. The zero-order valence-electron chi connectivity index (χ0n) is 24.8. The van der Waals surface area contributed by atoms with Crippen molar-refractivity contribution in [3.05, 3.63) is 87.9 Å². The molecule has 1 atom stereocenters. The molecular formula is C33H35Cl2FN6O3. The number of ether oxygens (including phenoxy) is 1. The number of pyridine rings is 2. The summed E-state index contributed by atoms with van der Waals surface area (Å²) in [6, 6.07) is 14.8. The van der Waals surface area contributed by atoms with E-state index in [0.717, 1.165) is 17.5 Å². The number of carbonyl (C=O) groups excluding carboxylic acids is 1. The Hall–Kier alpha value is -3.80. The predicted molar refractivity (Wildman–Crippen MR) is 176 cm³/mol. The van der Waals surface area contributed by atoms with Crippen LogP contribution in [0.5, 0.6) is 5.75 Å². The second-order valence-corrected chi connectivity index (χ2v) is 11.4. The highest BCUT2D eigenvalue weighted by Crippen LogP contribution is 2.41. The summed E-state index contributed by atoms with van der Waals surface area (Å²) in [6.45, 7) is 2.24. The van der Waals surface area contributed by atoms with E-state index < -0.39 is 5.82 Å². The van der Waals surface area contributed by atoms with Gasteiger partial charge < -0.3 is 31.1 Å². The maximum absolute atomic E-state index is 15.3. The van der Waals surface area contributed by atoms with E-state index in [-0.39, 0.29) is 24.4 Å². The summed E-state index contributed by atoms with van der Waals surface area (Å²) in [6.07, 6.45) is 5.05. The maximum Gasteiger partial charge on any atom is 0.220 e. The number of anilines is 2. The summed E-state index contributed by atoms with van der Waals surface area (Å²) in [7, 11) is 1.62. The first-order valence-corrected chi connectivity index (χ1v) is 15.5. The van der Waals surface area contributed by atoms with Gasteiger partial charge in [-0.3, -0.25) is 9.78 Å². The van der Waals surface area contributed by atoms with E-state index in [1.807, 2.05) is 30.3 Å². The first kappa shape index (κ1) is 32.6. The first-order chi connectivity index (χ1) is 21.9. The minimum absolute atomic E-state index is 0.0196. The molecule has 4 aromatic rings. The van der Waals surface area contributed by atoms with Gasteiger partial charge in [-0.1, -0.05) is 47.5 Å². The smallest absolute Gasteiger partial charge is 0.220 e. The van der Waals surface area contributed by atoms with Gasteiger partial charge in [0.25, 0.3) is 0 Å². The molecule has 236 valence electrons. The number of benzene rings is 2. The molecule has 9 nitrogen and oxygen atoms in total. The Kier molecular flexibility index (Phi) is 11.2. The van der Waals surface area contributed by atoms with Gasteiger partial charge >= 0.3 is 0 Å². The lowest BCUT2D eigenvalue weighted by Gasteiger charge is -2.16. The van der Waals surface area contributed by atoms with Gasteiger partial charge in [0.15, 0.2) is 11.6 Å². The van der Waals surface area contributed by atoms with Crippen molar-refractivity contribution in [2.24, 2.45) is 0 Å². The minimum Gasteiger partial charge on any atom is -0.496 e. The molecule has 5 N–H and O–H groups in total. The lowest BCUT2D eigenvalue weighted by Crippen LogP contribution is -2.35. The molecule has 1 saturated heterocycles. The van der Waals surface area contributed by atoms with E-state index in [9.17, 15) is 4.79 Å². The summed E-state index contributed by atoms with van der Waals surface area (Å²) in [5.41, 5.74) is 4.57. The monoisotopic (exact) mass is 652 g/mol. The number of nitrogens with zero attached hydrogens (tertiary/aromatic N) is 2. The predicted octanol–water partition coefficient (Wildman–Crippen LogP) is 5.50. The summed E-state index contributed by atoms with van der Waals surface area (Å²) < 4.78 is 21.0. The normalized spacial score (nSPS) is 14.4. The van der Waals surface area contributed by atoms with Crippen LogP contribution in [0, 0.1) is 5.82 Å². The fourth-order valence-corrected chi connectivity index (χ4v) is 5.86. The Labute approximate surface area is 271 Å². The highest BCUT2D eigenvalue weighted by molar-refractivity contribution is 6.39. The molecule has 0 bridgehead atoms. The van der Waals surface area contributed by atoms with Gasteiger partial charge in [0.2, 0.25) is 5.91 Å². The van der Waals surface area contributed by atoms with Crippen LogP contribution < -0.4 is 26.0 Å². The Bertz CT molecular complexity index is 1660. The summed E-state index contributed by atoms with van der Waals surface area (Å²) >= 11 is 13.8. The third-order valence-electron chi connectivity index (χ3n) is 7.61. The van der Waals surface area contributed by atoms with Crippen molar-refractivity contribution in [2.45, 2.75) is 31.8 Å². The van der Waals surface area contributed by atoms with Crippen LogP contribution in [0.4, 0.5) is 15.9 Å². The average Bonchev–Trinajstić information content (AvgIpc) is 3.47. The Balaban J connectivity index is 1.35. The Morgan fingerprint density at radius 2 is 1.84 bits per heavy atom. The van der Waals surface area contributed by atoms with E-state index in [1.165, 1.54) is 0 Å². The van der Waals surface area contributed by atoms with Crippen LogP contribution >= 0.6 is 23.2 Å². The van der Waals surface area contributed by atoms with Crippen LogP contribution in [0.25, 0.3) is 22.4 Å². The number of halogens is 3. The van der Waals surface area contributed by atoms with Gasteiger partial charge in [0.05, 0.1) is 35.1 Å². The standard InChI is InChI=1S/C33H35Cl2FN6O3/c1-45-27-17-21(5-6-22(27)18-38-19-23-7-8-28(44)41-23)32-30(35)25(11-14-39-32)24-3-2-4-26(29(24)34)42-33-31(36)20(10-13-40-33)9-12-37-15-16-43/h2-6,10-11,13-14,17,23,37-38,43H,7-9,12,15-16,18-19H2,1H3,(H,40,42)(H,41,44)/t23-/m0/s1. The Morgan fingerprint density at radius 3 is 2.62 bits per heavy atom. The number of aromatic nitrogens is 2. The van der Waals surface area contributed by atoms with E-state index in [2.05, 4.69) is 31.2 Å². The van der Waals surface area contributed by atoms with Gasteiger partial charge in [0.1, 0.15) is 5.75 Å². The van der Waals surface area contributed by atoms with Crippen molar-refractivity contribution in [1.82, 2.24) is 25.9 Å². The number of carbonyl (C=O) groups is 1. The number of methoxy groups -OCH3 is 1. The number of nitrogens with one attached hydrogen (secondary N) is 4. The zero-order chi connectivity index (χ0) is 31.8. The number of hydrogen-bond acceptors (Lipinski definition) is 8. The van der Waals surface area contributed by atoms with Gasteiger partial charge in [-0.05, 0) is 49.2 Å². The van der Waals surface area contributed by atoms with E-state index in [4.69, 9.17) is 33.0 Å². The summed E-state index contributed by atoms with van der Waals surface area (Å²) in [4.78, 5) is 20.2. The van der Waals surface area contributed by atoms with Crippen LogP contribution in [0.15, 0.2) is 60.9 Å². The largest absolute Gasteiger partial charge is 0.496 e. The molecule has 0 spiro atoms. The molecule has 45 heavy (non-hydrogen) atoms. The third-order valence-corrected chi connectivity index (χ3v) is 8.40. The van der Waals surface area contributed by atoms with E-state index >= 15 is 4.39 Å². The molecule has 3 heterocycles. The summed E-state index contributed by atoms with van der Waals surface area (Å²) in [5, 5.41) is 22.1. The molecule has 2 aromatic carbocycles. The van der Waals surface area contributed by atoms with E-state index in [1.54, 1.807) is 37.7 Å². The lowest BCUT2D eigenvalue weighted by molar-refractivity contribution is -0.119. The molecular weight excluding hydrogens is 618 g/mol. The fourth-order valence-electron chi connectivity index (χ4n) is 5.26. The molecule has 2 aromatic heterocycles. The number of aliphatic hydroxyl groups excluding tert-OH is 1. The SMILES string of the molecule is COc1cc(-c2nccc(-c3cccc(Nc4nccc(CCNCCO)c4F)c3Cl)c2Cl)ccc1CNC[C@@H]1CCC(=O)N1. The van der Waals surface area contributed by atoms with Crippen LogP contribution in [0.3, 0.4) is 0 Å². The van der Waals surface area contributed by atoms with Gasteiger partial charge in [0, 0.05) is 66.7 Å². The molecule has 0 saturated carbocycles. The van der Waals surface area contributed by atoms with Crippen molar-refractivity contribution < 1.29 is 19.0 Å². The lowest BCUT2D eigenvalue weighted by atomic mass is 10.0. The second kappa shape index (κ2) is 15.5. The quantitative estimate of drug-likeness (QED) is 0.113. The van der Waals surface area contributed by atoms with Gasteiger partial charge in [-0.25, -0.2) is 9.37 Å². The van der Waals surface area contributed by atoms with Crippen LogP contribution in [0.1, 0.15) is 24.0 Å². The molecule has 0 aliphatic carbocycles. The molecule has 1 aliphatic heterocycles. The van der Waals surface area contributed by atoms with Crippen molar-refractivity contribution in [3.8, 4) is 28.1 Å². The third kappa shape index (κ3) is 7.89. The number of hydrogen-bond donors (Lipinski definition) is 5. The highest BCUT2D eigenvalue weighted by atomic mass is 35.5. The highest BCUT2D eigenvalue weighted by Gasteiger charge is 2.21. The van der Waals surface area contributed by atoms with Gasteiger partial charge in [-0.2, -0.15) is 0 Å². The van der Waals surface area contributed by atoms with Crippen LogP contribution in [-0.2, 0) is 17.8 Å². The number of amides is 1. The second-order valence-electron chi connectivity index (χ2n) is 10.6. The van der Waals surface area contributed by atoms with Crippen molar-refractivity contribution in [3.63, 3.8) is 0 Å². The van der Waals surface area contributed by atoms with E-state index in [0.29, 0.717) is 82.9 Å². The van der Waals surface area contributed by atoms with Crippen LogP contribution in [0.2, 0.25) is 10.0 Å². The van der Waals surface area contributed by atoms with Crippen LogP contribution in [-0.4, -0.2) is 60.4 Å². The fraction of sp³-hybridized carbons (Fsp3) is 0.303. The van der Waals surface area contributed by atoms with Crippen molar-refractivity contribution in [2.75, 3.05) is 38.7 Å². The zero-order valence-corrected chi connectivity index (χ0v) is 26.3. The number of rotatable bonds is 14. The summed E-state index contributed by atoms with van der Waals surface area (Å²) in [5.74, 6) is 0.371. The molecule has 1 fully saturated rings. The van der Waals surface area contributed by atoms with Crippen molar-refractivity contribution >= 4 is 40.6 Å². The topological polar surface area (TPSA) is 120 Å². The average molecular weight is 654 g/mol. The molecule has 0 unspecified atom stereocenters. The molecule has 5 rings (SSSR count). The van der Waals surface area contributed by atoms with Gasteiger partial charge in [-0.15, -0.1) is 0 Å². The maximum atomic E-state index is 15.3. The molecule has 0 radical (unpaired) electrons.